The molecule has 0 aliphatic carbocycles. The van der Waals surface area contributed by atoms with Gasteiger partial charge in [-0.05, 0) is 0 Å². The molecule has 0 atom stereocenters. The summed E-state index contributed by atoms with van der Waals surface area (Å²) in [5, 5.41) is 0. The Morgan fingerprint density at radius 1 is 0.690 bits per heavy atom. The van der Waals surface area contributed by atoms with E-state index in [-0.39, 0.29) is 0 Å². The van der Waals surface area contributed by atoms with Gasteiger partial charge in [0.15, 0.2) is 0 Å². The number of rotatable bonds is 5. The normalized spacial score (nSPS) is 16.0. The van der Waals surface area contributed by atoms with Crippen LogP contribution in [0.3, 0.4) is 0 Å². The summed E-state index contributed by atoms with van der Waals surface area (Å²) in [6, 6.07) is 24.8. The molecule has 0 N–H and O–H groups in total. The molecule has 0 aromatic heterocycles. The molecule has 0 amide bonds. The standard InChI is InChI=1S/C23H19Br2NO2Se/c1-27-21-13-12-19(14-22(21)28-2)23-26-20(15-29(23,24)25)18-10-8-17(9-11-18)16-6-4-3-5-7-16/h3-15H,1-2H3. The third-order valence-corrected chi connectivity index (χ3v) is 12.6. The summed E-state index contributed by atoms with van der Waals surface area (Å²) in [5.74, 6) is 1.40. The fourth-order valence-electron chi connectivity index (χ4n) is 3.18. The van der Waals surface area contributed by atoms with Crippen LogP contribution >= 0.6 is 28.2 Å². The predicted molar refractivity (Wildman–Crippen MR) is 130 cm³/mol. The molecule has 4 rings (SSSR count). The minimum absolute atomic E-state index is 0.696. The van der Waals surface area contributed by atoms with Crippen molar-refractivity contribution in [3.05, 3.63) is 88.9 Å². The fraction of sp³-hybridized carbons (Fsp3) is 0.0870. The maximum atomic E-state index is 5.46. The summed E-state index contributed by atoms with van der Waals surface area (Å²) in [6.07, 6.45) is 0. The molecule has 1 aliphatic rings. The van der Waals surface area contributed by atoms with Crippen molar-refractivity contribution in [3.8, 4) is 22.6 Å². The van der Waals surface area contributed by atoms with Gasteiger partial charge in [-0.2, -0.15) is 0 Å². The van der Waals surface area contributed by atoms with Crippen molar-refractivity contribution in [3.63, 3.8) is 0 Å². The molecule has 148 valence electrons. The first-order valence-electron chi connectivity index (χ1n) is 8.93. The zero-order chi connectivity index (χ0) is 20.4. The zero-order valence-corrected chi connectivity index (χ0v) is 20.8. The molecule has 0 radical (unpaired) electrons. The topological polar surface area (TPSA) is 30.8 Å². The summed E-state index contributed by atoms with van der Waals surface area (Å²) in [5.41, 5.74) is 5.49. The summed E-state index contributed by atoms with van der Waals surface area (Å²) in [7, 11) is 0.896. The van der Waals surface area contributed by atoms with Crippen LogP contribution < -0.4 is 9.47 Å². The van der Waals surface area contributed by atoms with Gasteiger partial charge in [-0.1, -0.05) is 0 Å². The number of hydrogen-bond acceptors (Lipinski definition) is 3. The molecule has 1 heterocycles. The predicted octanol–water partition coefficient (Wildman–Crippen LogP) is 6.53. The number of methoxy groups -OCH3 is 2. The molecule has 3 nitrogen and oxygen atoms in total. The molecule has 29 heavy (non-hydrogen) atoms. The van der Waals surface area contributed by atoms with Crippen LogP contribution in [-0.2, 0) is 0 Å². The van der Waals surface area contributed by atoms with Crippen molar-refractivity contribution >= 4 is 47.8 Å². The Kier molecular flexibility index (Phi) is 5.98. The molecule has 0 saturated carbocycles. The van der Waals surface area contributed by atoms with E-state index >= 15 is 0 Å². The van der Waals surface area contributed by atoms with E-state index in [2.05, 4.69) is 81.7 Å². The Bertz CT molecular complexity index is 1090. The quantitative estimate of drug-likeness (QED) is 0.322. The molecule has 0 fully saturated rings. The van der Waals surface area contributed by atoms with Crippen molar-refractivity contribution in [2.75, 3.05) is 14.2 Å². The van der Waals surface area contributed by atoms with Crippen LogP contribution in [-0.4, -0.2) is 28.1 Å². The second-order valence-corrected chi connectivity index (χ2v) is 25.0. The Hall–Kier alpha value is -1.85. The fourth-order valence-corrected chi connectivity index (χ4v) is 10.3. The van der Waals surface area contributed by atoms with Gasteiger partial charge in [0.05, 0.1) is 0 Å². The van der Waals surface area contributed by atoms with E-state index in [1.807, 2.05) is 24.3 Å². The zero-order valence-electron chi connectivity index (χ0n) is 15.9. The van der Waals surface area contributed by atoms with Gasteiger partial charge >= 0.3 is 188 Å². The molecule has 0 saturated heterocycles. The molecule has 1 aliphatic heterocycles. The van der Waals surface area contributed by atoms with Crippen LogP contribution in [0.15, 0.2) is 82.8 Å². The SMILES string of the molecule is COc1ccc(C2=NC(c3ccc(-c4ccccc4)cc3)=C[Se]2(Br)Br)cc1OC. The van der Waals surface area contributed by atoms with E-state index < -0.39 is 9.23 Å². The average molecular weight is 580 g/mol. The first-order valence-corrected chi connectivity index (χ1v) is 18.8. The van der Waals surface area contributed by atoms with Crippen molar-refractivity contribution in [1.29, 1.82) is 0 Å². The Morgan fingerprint density at radius 3 is 1.93 bits per heavy atom. The molecule has 6 heteroatoms. The van der Waals surface area contributed by atoms with Crippen LogP contribution in [0.1, 0.15) is 11.1 Å². The first kappa shape index (κ1) is 20.4. The van der Waals surface area contributed by atoms with Crippen LogP contribution in [0.25, 0.3) is 16.8 Å². The van der Waals surface area contributed by atoms with E-state index in [0.29, 0.717) is 11.5 Å². The maximum absolute atomic E-state index is 5.46. The number of benzene rings is 3. The van der Waals surface area contributed by atoms with E-state index in [1.54, 1.807) is 14.2 Å². The van der Waals surface area contributed by atoms with Crippen LogP contribution in [0.5, 0.6) is 11.5 Å². The van der Waals surface area contributed by atoms with E-state index in [9.17, 15) is 0 Å². The van der Waals surface area contributed by atoms with Gasteiger partial charge in [0.2, 0.25) is 0 Å². The summed E-state index contributed by atoms with van der Waals surface area (Å²) in [4.78, 5) is 7.19. The van der Waals surface area contributed by atoms with Crippen molar-refractivity contribution in [1.82, 2.24) is 0 Å². The van der Waals surface area contributed by atoms with Gasteiger partial charge in [0.25, 0.3) is 0 Å². The minimum atomic E-state index is -2.38. The molecule has 0 bridgehead atoms. The third kappa shape index (κ3) is 4.22. The number of nitrogens with zero attached hydrogens (tertiary/aromatic N) is 1. The second kappa shape index (κ2) is 8.49. The monoisotopic (exact) mass is 579 g/mol. The van der Waals surface area contributed by atoms with E-state index in [0.717, 1.165) is 21.4 Å². The van der Waals surface area contributed by atoms with Crippen LogP contribution in [0.4, 0.5) is 0 Å². The van der Waals surface area contributed by atoms with Gasteiger partial charge in [-0.25, -0.2) is 0 Å². The van der Waals surface area contributed by atoms with Gasteiger partial charge < -0.3 is 0 Å². The van der Waals surface area contributed by atoms with Crippen molar-refractivity contribution < 1.29 is 9.47 Å². The number of aliphatic imine (C=N–C) groups is 1. The van der Waals surface area contributed by atoms with Crippen LogP contribution in [0, 0.1) is 0 Å². The van der Waals surface area contributed by atoms with E-state index in [1.165, 1.54) is 11.1 Å². The van der Waals surface area contributed by atoms with Gasteiger partial charge in [0, 0.05) is 0 Å². The Labute approximate surface area is 187 Å². The van der Waals surface area contributed by atoms with E-state index in [4.69, 9.17) is 14.5 Å². The van der Waals surface area contributed by atoms with Gasteiger partial charge in [-0.3, -0.25) is 0 Å². The number of hydrogen-bond donors (Lipinski definition) is 0. The van der Waals surface area contributed by atoms with Crippen LogP contribution in [0.2, 0.25) is 0 Å². The molecule has 3 aromatic carbocycles. The van der Waals surface area contributed by atoms with Gasteiger partial charge in [0.1, 0.15) is 0 Å². The Balaban J connectivity index is 1.67. The molecule has 3 aromatic rings. The molecule has 0 unspecified atom stereocenters. The summed E-state index contributed by atoms with van der Waals surface area (Å²) < 4.78 is 11.8. The van der Waals surface area contributed by atoms with Crippen molar-refractivity contribution in [2.24, 2.45) is 4.99 Å². The molecular formula is C23H19Br2NO2Se. The molecule has 0 spiro atoms. The second-order valence-electron chi connectivity index (χ2n) is 6.44. The summed E-state index contributed by atoms with van der Waals surface area (Å²) >= 11 is 7.82. The van der Waals surface area contributed by atoms with Crippen molar-refractivity contribution in [2.45, 2.75) is 0 Å². The molecular weight excluding hydrogens is 561 g/mol. The average Bonchev–Trinajstić information content (AvgIpc) is 3.09. The van der Waals surface area contributed by atoms with Gasteiger partial charge in [-0.15, -0.1) is 0 Å². The number of ether oxygens (including phenoxy) is 2. The third-order valence-electron chi connectivity index (χ3n) is 4.66. The first-order chi connectivity index (χ1) is 14.0. The Morgan fingerprint density at radius 2 is 1.28 bits per heavy atom. The summed E-state index contributed by atoms with van der Waals surface area (Å²) in [6.45, 7) is 0. The number of halogens is 2.